The van der Waals surface area contributed by atoms with Crippen LogP contribution in [0.15, 0.2) is 24.3 Å². The van der Waals surface area contributed by atoms with Crippen LogP contribution in [0, 0.1) is 5.92 Å². The highest BCUT2D eigenvalue weighted by Gasteiger charge is 2.35. The van der Waals surface area contributed by atoms with Crippen LogP contribution in [-0.2, 0) is 4.79 Å². The van der Waals surface area contributed by atoms with Crippen molar-refractivity contribution >= 4 is 11.6 Å². The number of benzene rings is 1. The predicted octanol–water partition coefficient (Wildman–Crippen LogP) is 2.83. The maximum atomic E-state index is 12.5. The zero-order chi connectivity index (χ0) is 14.7. The van der Waals surface area contributed by atoms with Gasteiger partial charge in [0.2, 0.25) is 0 Å². The van der Waals surface area contributed by atoms with Crippen LogP contribution in [0.4, 0.5) is 5.69 Å². The molecule has 1 saturated carbocycles. The molecule has 0 aromatic heterocycles. The zero-order valence-electron chi connectivity index (χ0n) is 12.5. The molecule has 1 aliphatic carbocycles. The second-order valence-corrected chi connectivity index (χ2v) is 6.20. The van der Waals surface area contributed by atoms with Gasteiger partial charge in [-0.05, 0) is 43.7 Å². The third-order valence-electron chi connectivity index (χ3n) is 4.78. The van der Waals surface area contributed by atoms with Gasteiger partial charge in [0, 0.05) is 24.3 Å². The first kappa shape index (κ1) is 14.2. The van der Waals surface area contributed by atoms with Crippen molar-refractivity contribution in [2.45, 2.75) is 44.6 Å². The number of nitrogen functional groups attached to an aromatic ring is 1. The Kier molecular flexibility index (Phi) is 4.32. The second kappa shape index (κ2) is 6.37. The van der Waals surface area contributed by atoms with Gasteiger partial charge in [0.25, 0.3) is 5.91 Å². The van der Waals surface area contributed by atoms with Gasteiger partial charge in [-0.15, -0.1) is 0 Å². The average Bonchev–Trinajstić information content (AvgIpc) is 2.52. The number of hydrogen-bond donors (Lipinski definition) is 1. The fraction of sp³-hybridized carbons (Fsp3) is 0.588. The molecule has 3 rings (SSSR count). The van der Waals surface area contributed by atoms with Crippen molar-refractivity contribution in [3.63, 3.8) is 0 Å². The SMILES string of the molecule is Nc1cccc(OCC(=O)N2CCC[C@H]3CCCC[C@H]32)c1. The van der Waals surface area contributed by atoms with Crippen LogP contribution in [0.25, 0.3) is 0 Å². The molecular formula is C17H24N2O2. The van der Waals surface area contributed by atoms with Crippen LogP contribution in [0.5, 0.6) is 5.75 Å². The lowest BCUT2D eigenvalue weighted by Crippen LogP contribution is -2.51. The maximum Gasteiger partial charge on any atom is 0.260 e. The Bertz CT molecular complexity index is 501. The number of hydrogen-bond acceptors (Lipinski definition) is 3. The normalized spacial score (nSPS) is 25.2. The number of amides is 1. The van der Waals surface area contributed by atoms with Crippen LogP contribution >= 0.6 is 0 Å². The van der Waals surface area contributed by atoms with E-state index < -0.39 is 0 Å². The molecule has 2 atom stereocenters. The number of likely N-dealkylation sites (tertiary alicyclic amines) is 1. The summed E-state index contributed by atoms with van der Waals surface area (Å²) in [5, 5.41) is 0. The lowest BCUT2D eigenvalue weighted by Gasteiger charge is -2.44. The smallest absolute Gasteiger partial charge is 0.260 e. The van der Waals surface area contributed by atoms with E-state index in [2.05, 4.69) is 4.90 Å². The third kappa shape index (κ3) is 3.31. The Labute approximate surface area is 126 Å². The highest BCUT2D eigenvalue weighted by molar-refractivity contribution is 5.78. The van der Waals surface area contributed by atoms with E-state index >= 15 is 0 Å². The van der Waals surface area contributed by atoms with Crippen LogP contribution < -0.4 is 10.5 Å². The lowest BCUT2D eigenvalue weighted by molar-refractivity contribution is -0.139. The maximum absolute atomic E-state index is 12.5. The topological polar surface area (TPSA) is 55.6 Å². The minimum absolute atomic E-state index is 0.118. The van der Waals surface area contributed by atoms with Gasteiger partial charge in [-0.2, -0.15) is 0 Å². The molecule has 1 amide bonds. The molecular weight excluding hydrogens is 264 g/mol. The highest BCUT2D eigenvalue weighted by Crippen LogP contribution is 2.35. The van der Waals surface area contributed by atoms with Crippen LogP contribution in [-0.4, -0.2) is 30.0 Å². The summed E-state index contributed by atoms with van der Waals surface area (Å²) in [5.74, 6) is 1.50. The van der Waals surface area contributed by atoms with Crippen molar-refractivity contribution < 1.29 is 9.53 Å². The minimum Gasteiger partial charge on any atom is -0.484 e. The average molecular weight is 288 g/mol. The van der Waals surface area contributed by atoms with Gasteiger partial charge in [-0.25, -0.2) is 0 Å². The summed E-state index contributed by atoms with van der Waals surface area (Å²) in [6, 6.07) is 7.69. The van der Waals surface area contributed by atoms with Gasteiger partial charge in [-0.3, -0.25) is 4.79 Å². The summed E-state index contributed by atoms with van der Waals surface area (Å²) in [7, 11) is 0. The van der Waals surface area contributed by atoms with Crippen LogP contribution in [0.2, 0.25) is 0 Å². The Morgan fingerprint density at radius 2 is 2.05 bits per heavy atom. The van der Waals surface area contributed by atoms with Crippen molar-refractivity contribution in [3.8, 4) is 5.75 Å². The number of carbonyl (C=O) groups is 1. The third-order valence-corrected chi connectivity index (χ3v) is 4.78. The quantitative estimate of drug-likeness (QED) is 0.870. The molecule has 0 radical (unpaired) electrons. The van der Waals surface area contributed by atoms with E-state index in [0.29, 0.717) is 23.4 Å². The standard InChI is InChI=1S/C17H24N2O2/c18-14-7-3-8-15(11-14)21-12-17(20)19-10-4-6-13-5-1-2-9-16(13)19/h3,7-8,11,13,16H,1-2,4-6,9-10,12,18H2/t13-,16-/m1/s1. The number of carbonyl (C=O) groups excluding carboxylic acids is 1. The van der Waals surface area contributed by atoms with Gasteiger partial charge in [0.1, 0.15) is 5.75 Å². The number of anilines is 1. The van der Waals surface area contributed by atoms with Crippen molar-refractivity contribution in [3.05, 3.63) is 24.3 Å². The lowest BCUT2D eigenvalue weighted by atomic mass is 9.78. The number of fused-ring (bicyclic) bond motifs is 1. The fourth-order valence-electron chi connectivity index (χ4n) is 3.77. The van der Waals surface area contributed by atoms with Crippen LogP contribution in [0.3, 0.4) is 0 Å². The summed E-state index contributed by atoms with van der Waals surface area (Å²) >= 11 is 0. The summed E-state index contributed by atoms with van der Waals surface area (Å²) in [4.78, 5) is 14.5. The zero-order valence-corrected chi connectivity index (χ0v) is 12.5. The molecule has 0 bridgehead atoms. The Balaban J connectivity index is 1.59. The number of ether oxygens (including phenoxy) is 1. The van der Waals surface area contributed by atoms with E-state index in [-0.39, 0.29) is 12.5 Å². The Morgan fingerprint density at radius 3 is 2.90 bits per heavy atom. The van der Waals surface area contributed by atoms with Gasteiger partial charge >= 0.3 is 0 Å². The van der Waals surface area contributed by atoms with Gasteiger partial charge in [0.15, 0.2) is 6.61 Å². The summed E-state index contributed by atoms with van der Waals surface area (Å²) < 4.78 is 5.61. The van der Waals surface area contributed by atoms with Crippen LogP contribution in [0.1, 0.15) is 38.5 Å². The molecule has 1 aromatic rings. The first-order chi connectivity index (χ1) is 10.2. The van der Waals surface area contributed by atoms with E-state index in [4.69, 9.17) is 10.5 Å². The van der Waals surface area contributed by atoms with Crippen molar-refractivity contribution in [2.24, 2.45) is 5.92 Å². The number of rotatable bonds is 3. The monoisotopic (exact) mass is 288 g/mol. The fourth-order valence-corrected chi connectivity index (χ4v) is 3.77. The molecule has 2 fully saturated rings. The molecule has 0 spiro atoms. The largest absolute Gasteiger partial charge is 0.484 e. The Morgan fingerprint density at radius 1 is 1.24 bits per heavy atom. The number of nitrogens with zero attached hydrogens (tertiary/aromatic N) is 1. The molecule has 1 aliphatic heterocycles. The molecule has 1 heterocycles. The number of nitrogens with two attached hydrogens (primary N) is 1. The molecule has 114 valence electrons. The summed E-state index contributed by atoms with van der Waals surface area (Å²) in [6.07, 6.45) is 7.43. The van der Waals surface area contributed by atoms with E-state index in [1.165, 1.54) is 25.7 Å². The van der Waals surface area contributed by atoms with E-state index in [9.17, 15) is 4.79 Å². The molecule has 21 heavy (non-hydrogen) atoms. The minimum atomic E-state index is 0.118. The molecule has 1 aromatic carbocycles. The van der Waals surface area contributed by atoms with Gasteiger partial charge in [0.05, 0.1) is 0 Å². The van der Waals surface area contributed by atoms with E-state index in [0.717, 1.165) is 19.4 Å². The molecule has 1 saturated heterocycles. The molecule has 4 nitrogen and oxygen atoms in total. The highest BCUT2D eigenvalue weighted by atomic mass is 16.5. The van der Waals surface area contributed by atoms with E-state index in [1.807, 2.05) is 18.2 Å². The summed E-state index contributed by atoms with van der Waals surface area (Å²) in [5.41, 5.74) is 6.38. The van der Waals surface area contributed by atoms with E-state index in [1.54, 1.807) is 6.07 Å². The van der Waals surface area contributed by atoms with Crippen molar-refractivity contribution in [1.29, 1.82) is 0 Å². The second-order valence-electron chi connectivity index (χ2n) is 6.20. The molecule has 2 aliphatic rings. The molecule has 4 heteroatoms. The summed E-state index contributed by atoms with van der Waals surface area (Å²) in [6.45, 7) is 1.01. The van der Waals surface area contributed by atoms with Crippen molar-refractivity contribution in [2.75, 3.05) is 18.9 Å². The first-order valence-corrected chi connectivity index (χ1v) is 8.02. The molecule has 0 unspecified atom stereocenters. The molecule has 2 N–H and O–H groups in total. The first-order valence-electron chi connectivity index (χ1n) is 8.02. The van der Waals surface area contributed by atoms with Gasteiger partial charge < -0.3 is 15.4 Å². The Hall–Kier alpha value is -1.71. The predicted molar refractivity (Wildman–Crippen MR) is 83.0 cm³/mol. The number of piperidine rings is 1. The van der Waals surface area contributed by atoms with Gasteiger partial charge in [-0.1, -0.05) is 18.9 Å². The van der Waals surface area contributed by atoms with Crippen molar-refractivity contribution in [1.82, 2.24) is 4.90 Å².